The zero-order valence-corrected chi connectivity index (χ0v) is 10.9. The highest BCUT2D eigenvalue weighted by atomic mass is 35.5. The van der Waals surface area contributed by atoms with Crippen molar-refractivity contribution in [1.82, 2.24) is 0 Å². The predicted octanol–water partition coefficient (Wildman–Crippen LogP) is 4.20. The van der Waals surface area contributed by atoms with E-state index in [4.69, 9.17) is 11.6 Å². The van der Waals surface area contributed by atoms with Crippen molar-refractivity contribution < 1.29 is 4.79 Å². The summed E-state index contributed by atoms with van der Waals surface area (Å²) in [6.07, 6.45) is 1.74. The average molecular weight is 256 g/mol. The Bertz CT molecular complexity index is 394. The standard InChI is InChI=1S/C12H14ClNOS/c1-4-9(2)16-12(15)14(3)11-7-5-6-10(13)8-11/h4-9H,1H2,2-3H3/t9-/m0/s1. The third-order valence-corrected chi connectivity index (χ3v) is 3.36. The van der Waals surface area contributed by atoms with Crippen LogP contribution >= 0.6 is 23.4 Å². The Morgan fingerprint density at radius 2 is 2.31 bits per heavy atom. The molecule has 0 saturated carbocycles. The summed E-state index contributed by atoms with van der Waals surface area (Å²) in [5.41, 5.74) is 0.793. The Morgan fingerprint density at radius 3 is 2.88 bits per heavy atom. The van der Waals surface area contributed by atoms with Gasteiger partial charge in [-0.05, 0) is 25.1 Å². The summed E-state index contributed by atoms with van der Waals surface area (Å²) in [6.45, 7) is 5.58. The number of hydrogen-bond acceptors (Lipinski definition) is 2. The molecule has 1 atom stereocenters. The Kier molecular flexibility index (Phi) is 4.90. The van der Waals surface area contributed by atoms with Crippen LogP contribution < -0.4 is 4.90 Å². The monoisotopic (exact) mass is 255 g/mol. The number of nitrogens with zero attached hydrogens (tertiary/aromatic N) is 1. The largest absolute Gasteiger partial charge is 0.306 e. The molecular weight excluding hydrogens is 242 g/mol. The number of carbonyl (C=O) groups excluding carboxylic acids is 1. The van der Waals surface area contributed by atoms with Gasteiger partial charge in [0.05, 0.1) is 0 Å². The molecule has 1 aromatic carbocycles. The summed E-state index contributed by atoms with van der Waals surface area (Å²) in [5, 5.41) is 0.711. The van der Waals surface area contributed by atoms with Crippen molar-refractivity contribution in [2.24, 2.45) is 0 Å². The van der Waals surface area contributed by atoms with Crippen LogP contribution in [0.4, 0.5) is 10.5 Å². The van der Waals surface area contributed by atoms with Crippen LogP contribution in [0.5, 0.6) is 0 Å². The highest BCUT2D eigenvalue weighted by molar-refractivity contribution is 8.14. The van der Waals surface area contributed by atoms with Crippen molar-refractivity contribution in [2.45, 2.75) is 12.2 Å². The van der Waals surface area contributed by atoms with Gasteiger partial charge < -0.3 is 4.90 Å². The van der Waals surface area contributed by atoms with Gasteiger partial charge in [0.15, 0.2) is 0 Å². The Balaban J connectivity index is 2.74. The van der Waals surface area contributed by atoms with E-state index < -0.39 is 0 Å². The second kappa shape index (κ2) is 5.97. The fourth-order valence-corrected chi connectivity index (χ4v) is 1.94. The van der Waals surface area contributed by atoms with Crippen molar-refractivity contribution in [3.05, 3.63) is 41.9 Å². The minimum atomic E-state index is -0.0188. The number of carbonyl (C=O) groups is 1. The molecule has 86 valence electrons. The van der Waals surface area contributed by atoms with Gasteiger partial charge in [0.1, 0.15) is 0 Å². The number of hydrogen-bond donors (Lipinski definition) is 0. The molecule has 1 aromatic rings. The second-order valence-electron chi connectivity index (χ2n) is 3.36. The molecule has 1 rings (SSSR count). The van der Waals surface area contributed by atoms with Gasteiger partial charge in [0.2, 0.25) is 0 Å². The number of thioether (sulfide) groups is 1. The zero-order valence-electron chi connectivity index (χ0n) is 9.31. The van der Waals surface area contributed by atoms with E-state index in [0.717, 1.165) is 5.69 Å². The molecule has 0 aliphatic carbocycles. The maximum atomic E-state index is 11.8. The van der Waals surface area contributed by atoms with Crippen LogP contribution in [0.1, 0.15) is 6.92 Å². The summed E-state index contributed by atoms with van der Waals surface area (Å²) >= 11 is 7.10. The van der Waals surface area contributed by atoms with Crippen LogP contribution in [-0.2, 0) is 0 Å². The van der Waals surface area contributed by atoms with Gasteiger partial charge in [0.25, 0.3) is 5.24 Å². The van der Waals surface area contributed by atoms with E-state index in [1.807, 2.05) is 19.1 Å². The fourth-order valence-electron chi connectivity index (χ4n) is 1.08. The molecule has 0 aliphatic heterocycles. The number of halogens is 1. The molecule has 0 radical (unpaired) electrons. The van der Waals surface area contributed by atoms with Crippen molar-refractivity contribution in [1.29, 1.82) is 0 Å². The maximum absolute atomic E-state index is 11.8. The molecule has 16 heavy (non-hydrogen) atoms. The first-order valence-electron chi connectivity index (χ1n) is 4.87. The molecule has 1 amide bonds. The minimum Gasteiger partial charge on any atom is -0.306 e. The lowest BCUT2D eigenvalue weighted by Gasteiger charge is -2.18. The highest BCUT2D eigenvalue weighted by Crippen LogP contribution is 2.23. The Hall–Kier alpha value is -0.930. The molecule has 4 heteroatoms. The molecule has 0 unspecified atom stereocenters. The first-order chi connectivity index (χ1) is 7.54. The van der Waals surface area contributed by atoms with Gasteiger partial charge in [0, 0.05) is 23.0 Å². The predicted molar refractivity (Wildman–Crippen MR) is 72.5 cm³/mol. The van der Waals surface area contributed by atoms with E-state index in [9.17, 15) is 4.79 Å². The SMILES string of the molecule is C=C[C@H](C)SC(=O)N(C)c1cccc(Cl)c1. The molecule has 0 N–H and O–H groups in total. The van der Waals surface area contributed by atoms with Crippen LogP contribution in [0.15, 0.2) is 36.9 Å². The molecule has 0 aliphatic rings. The van der Waals surface area contributed by atoms with Crippen LogP contribution in [0.2, 0.25) is 5.02 Å². The van der Waals surface area contributed by atoms with Crippen molar-refractivity contribution in [3.63, 3.8) is 0 Å². The van der Waals surface area contributed by atoms with Crippen LogP contribution in [0.3, 0.4) is 0 Å². The number of amides is 1. The van der Waals surface area contributed by atoms with Gasteiger partial charge in [-0.1, -0.05) is 35.5 Å². The van der Waals surface area contributed by atoms with Gasteiger partial charge >= 0.3 is 0 Å². The fraction of sp³-hybridized carbons (Fsp3) is 0.250. The molecule has 0 aromatic heterocycles. The molecule has 0 fully saturated rings. The summed E-state index contributed by atoms with van der Waals surface area (Å²) < 4.78 is 0. The zero-order chi connectivity index (χ0) is 12.1. The molecular formula is C12H14ClNOS. The molecule has 0 heterocycles. The molecule has 0 bridgehead atoms. The number of anilines is 1. The van der Waals surface area contributed by atoms with E-state index in [2.05, 4.69) is 6.58 Å². The van der Waals surface area contributed by atoms with Gasteiger partial charge in [-0.2, -0.15) is 0 Å². The minimum absolute atomic E-state index is 0.0188. The number of benzene rings is 1. The quantitative estimate of drug-likeness (QED) is 0.755. The van der Waals surface area contributed by atoms with Crippen LogP contribution in [0.25, 0.3) is 0 Å². The van der Waals surface area contributed by atoms with Crippen molar-refractivity contribution in [3.8, 4) is 0 Å². The molecule has 0 saturated heterocycles. The molecule has 0 spiro atoms. The third kappa shape index (κ3) is 3.58. The van der Waals surface area contributed by atoms with Gasteiger partial charge in [-0.3, -0.25) is 4.79 Å². The maximum Gasteiger partial charge on any atom is 0.286 e. The van der Waals surface area contributed by atoms with E-state index >= 15 is 0 Å². The first kappa shape index (κ1) is 13.1. The smallest absolute Gasteiger partial charge is 0.286 e. The summed E-state index contributed by atoms with van der Waals surface area (Å²) in [6, 6.07) is 7.22. The normalized spacial score (nSPS) is 11.9. The van der Waals surface area contributed by atoms with E-state index in [0.29, 0.717) is 5.02 Å². The van der Waals surface area contributed by atoms with Crippen LogP contribution in [-0.4, -0.2) is 17.5 Å². The summed E-state index contributed by atoms with van der Waals surface area (Å²) in [4.78, 5) is 13.4. The topological polar surface area (TPSA) is 20.3 Å². The second-order valence-corrected chi connectivity index (χ2v) is 5.13. The van der Waals surface area contributed by atoms with Gasteiger partial charge in [-0.15, -0.1) is 6.58 Å². The van der Waals surface area contributed by atoms with Gasteiger partial charge in [-0.25, -0.2) is 0 Å². The Labute approximate surface area is 105 Å². The summed E-state index contributed by atoms with van der Waals surface area (Å²) in [7, 11) is 1.73. The number of rotatable bonds is 3. The average Bonchev–Trinajstić information content (AvgIpc) is 2.27. The van der Waals surface area contributed by atoms with E-state index in [1.54, 1.807) is 30.2 Å². The Morgan fingerprint density at radius 1 is 1.62 bits per heavy atom. The van der Waals surface area contributed by atoms with Crippen LogP contribution in [0, 0.1) is 0 Å². The third-order valence-electron chi connectivity index (χ3n) is 2.09. The first-order valence-corrected chi connectivity index (χ1v) is 6.13. The van der Waals surface area contributed by atoms with E-state index in [-0.39, 0.29) is 10.5 Å². The summed E-state index contributed by atoms with van der Waals surface area (Å²) in [5.74, 6) is 0. The van der Waals surface area contributed by atoms with E-state index in [1.165, 1.54) is 11.8 Å². The molecule has 2 nitrogen and oxygen atoms in total. The van der Waals surface area contributed by atoms with Crippen molar-refractivity contribution >= 4 is 34.3 Å². The lowest BCUT2D eigenvalue weighted by atomic mass is 10.3. The lowest BCUT2D eigenvalue weighted by molar-refractivity contribution is 0.266. The van der Waals surface area contributed by atoms with Crippen molar-refractivity contribution in [2.75, 3.05) is 11.9 Å². The lowest BCUT2D eigenvalue weighted by Crippen LogP contribution is -2.23. The highest BCUT2D eigenvalue weighted by Gasteiger charge is 2.13.